The van der Waals surface area contributed by atoms with E-state index in [9.17, 15) is 35.1 Å². The molecule has 0 saturated heterocycles. The summed E-state index contributed by atoms with van der Waals surface area (Å²) in [5.74, 6) is -2.78. The van der Waals surface area contributed by atoms with Crippen LogP contribution in [-0.2, 0) is 12.4 Å². The van der Waals surface area contributed by atoms with Gasteiger partial charge in [-0.25, -0.2) is 26.3 Å². The average molecular weight is 1660 g/mol. The van der Waals surface area contributed by atoms with E-state index < -0.39 is 69.6 Å². The molecule has 0 aliphatic carbocycles. The first-order valence-corrected chi connectivity index (χ1v) is 39.1. The van der Waals surface area contributed by atoms with Gasteiger partial charge in [0.05, 0.1) is 24.3 Å². The van der Waals surface area contributed by atoms with E-state index in [0.29, 0.717) is 102 Å². The van der Waals surface area contributed by atoms with Crippen LogP contribution < -0.4 is 28.4 Å². The zero-order chi connectivity index (χ0) is 86.8. The third kappa shape index (κ3) is 16.6. The van der Waals surface area contributed by atoms with E-state index in [0.717, 1.165) is 80.6 Å². The summed E-state index contributed by atoms with van der Waals surface area (Å²) in [6.07, 6.45) is 5.32. The van der Waals surface area contributed by atoms with Crippen LogP contribution in [0.15, 0.2) is 243 Å². The van der Waals surface area contributed by atoms with Crippen LogP contribution in [0.1, 0.15) is 83.4 Å². The Morgan fingerprint density at radius 3 is 1.10 bits per heavy atom. The van der Waals surface area contributed by atoms with Crippen molar-refractivity contribution in [1.29, 1.82) is 0 Å². The molecule has 0 fully saturated rings. The third-order valence-electron chi connectivity index (χ3n) is 20.9. The Bertz CT molecular complexity index is 6950. The lowest BCUT2D eigenvalue weighted by atomic mass is 9.78. The average Bonchev–Trinajstić information content (AvgIpc) is 0.702. The molecule has 0 unspecified atom stereocenters. The van der Waals surface area contributed by atoms with Crippen molar-refractivity contribution in [2.45, 2.75) is 92.8 Å². The van der Waals surface area contributed by atoms with Crippen LogP contribution in [0.3, 0.4) is 0 Å². The maximum absolute atomic E-state index is 16.9. The van der Waals surface area contributed by atoms with Gasteiger partial charge in [0.2, 0.25) is 0 Å². The Hall–Kier alpha value is -13.8. The molecule has 0 spiro atoms. The van der Waals surface area contributed by atoms with Crippen LogP contribution in [0.4, 0.5) is 52.7 Å². The van der Waals surface area contributed by atoms with Crippen molar-refractivity contribution in [2.75, 3.05) is 13.2 Å². The Morgan fingerprint density at radius 2 is 0.656 bits per heavy atom. The van der Waals surface area contributed by atoms with Crippen molar-refractivity contribution in [1.82, 2.24) is 0 Å². The molecule has 16 aromatic carbocycles. The van der Waals surface area contributed by atoms with E-state index in [2.05, 4.69) is 12.2 Å². The number of ether oxygens (including phenoxy) is 6. The van der Waals surface area contributed by atoms with E-state index in [1.165, 1.54) is 24.3 Å². The van der Waals surface area contributed by atoms with Crippen LogP contribution in [0.5, 0.6) is 34.5 Å². The maximum Gasteiger partial charge on any atom is 0.416 e. The topological polar surface area (TPSA) is 55.4 Å². The van der Waals surface area contributed by atoms with Gasteiger partial charge in [-0.15, -0.1) is 0 Å². The molecule has 0 bridgehead atoms. The molecule has 0 amide bonds. The summed E-state index contributed by atoms with van der Waals surface area (Å²) in [5.41, 5.74) is 4.46. The van der Waals surface area contributed by atoms with Crippen molar-refractivity contribution >= 4 is 64.6 Å². The number of terminal acetylenes is 2. The van der Waals surface area contributed by atoms with Crippen LogP contribution >= 0.6 is 0 Å². The first-order chi connectivity index (χ1) is 58.1. The molecule has 0 N–H and O–H groups in total. The van der Waals surface area contributed by atoms with Gasteiger partial charge in [0.25, 0.3) is 0 Å². The van der Waals surface area contributed by atoms with Crippen LogP contribution in [-0.4, -0.2) is 24.4 Å². The summed E-state index contributed by atoms with van der Waals surface area (Å²) in [6, 6.07) is 62.3. The van der Waals surface area contributed by atoms with Gasteiger partial charge in [0, 0.05) is 62.3 Å². The SMILES string of the molecule is C#COc1ccc(-c2c3ccc(OC#C)cc3cc3c(-c4ccc(C(F)(F)F)cc4F)c4c(-c5ccc(OCC)cc5)cc(OCC)cc4c(-c4ccc(C(F)(F)F)cc4F)c23)cc1.Cc1ccc(-c2cc(C)cc3c(-c4ccc(F)cc4F)c4c(-c5ccc(OC(C)(C)C)cc5)c5ccc(OC(C)(C)C)cc5cc4c(-c4ccc(F)cc4F)c23)cc1.[HH].[HH].[HH].[HH]. The lowest BCUT2D eigenvalue weighted by Gasteiger charge is -2.25. The molecule has 0 aliphatic heterocycles. The van der Waals surface area contributed by atoms with E-state index in [1.807, 2.05) is 147 Å². The molecule has 0 heterocycles. The first kappa shape index (κ1) is 83.2. The van der Waals surface area contributed by atoms with Crippen LogP contribution in [0, 0.1) is 73.8 Å². The predicted octanol–water partition coefficient (Wildman–Crippen LogP) is 31.2. The Morgan fingerprint density at radius 1 is 0.295 bits per heavy atom. The van der Waals surface area contributed by atoms with E-state index in [-0.39, 0.29) is 84.5 Å². The Balaban J connectivity index is 0.000000238. The molecule has 18 heteroatoms. The highest BCUT2D eigenvalue weighted by Crippen LogP contribution is 2.57. The Kier molecular flexibility index (Phi) is 22.3. The summed E-state index contributed by atoms with van der Waals surface area (Å²) in [7, 11) is 0. The zero-order valence-corrected chi connectivity index (χ0v) is 67.6. The second kappa shape index (κ2) is 32.7. The lowest BCUT2D eigenvalue weighted by Crippen LogP contribution is -2.22. The van der Waals surface area contributed by atoms with Gasteiger partial charge in [-0.2, -0.15) is 26.3 Å². The molecule has 0 radical (unpaired) electrons. The van der Waals surface area contributed by atoms with E-state index >= 15 is 17.6 Å². The number of hydrogen-bond acceptors (Lipinski definition) is 6. The summed E-state index contributed by atoms with van der Waals surface area (Å²) in [6.45, 7) is 19.9. The number of fused-ring (bicyclic) bond motifs is 6. The number of halogens is 12. The van der Waals surface area contributed by atoms with Gasteiger partial charge in [-0.1, -0.05) is 109 Å². The summed E-state index contributed by atoms with van der Waals surface area (Å²) in [4.78, 5) is 0. The summed E-state index contributed by atoms with van der Waals surface area (Å²) in [5, 5.41) is 5.84. The molecule has 6 nitrogen and oxygen atoms in total. The van der Waals surface area contributed by atoms with Crippen molar-refractivity contribution in [3.8, 4) is 149 Å². The fraction of sp³-hybridized carbons (Fsp3) is 0.154. The minimum atomic E-state index is -4.90. The molecule has 0 aromatic heterocycles. The zero-order valence-electron chi connectivity index (χ0n) is 67.6. The molecule has 0 atom stereocenters. The van der Waals surface area contributed by atoms with Crippen molar-refractivity contribution in [2.24, 2.45) is 0 Å². The largest absolute Gasteiger partial charge is 0.494 e. The van der Waals surface area contributed by atoms with Crippen molar-refractivity contribution < 1.29 is 86.8 Å². The van der Waals surface area contributed by atoms with Crippen LogP contribution in [0.25, 0.3) is 154 Å². The van der Waals surface area contributed by atoms with Crippen molar-refractivity contribution in [3.63, 3.8) is 0 Å². The minimum Gasteiger partial charge on any atom is -0.494 e. The molecular weight excluding hydrogens is 1570 g/mol. The van der Waals surface area contributed by atoms with Gasteiger partial charge >= 0.3 is 12.4 Å². The maximum atomic E-state index is 16.9. The standard InChI is InChI=1S/C52H32F8O4.C52H44F4O2.4H2/c1-5-61-34-15-9-29(10-16-34)41-27-37(64-8-4)28-43-48(40-21-14-33(26-45(40)54)52(58,59)60)50-42(47(49(41)43)39-20-13-32(25-44(39)53)51(55,56)57)24-31-23-36(63-7-3)19-22-38(31)46(50)30-11-17-35(18-12-30)62-6-2;1-29-9-11-31(12-10-29)41-23-30(2)24-42-48(40-21-16-35(54)28-45(40)56)50-43(47(49(41)42)39-20-15-34(53)27-44(39)55)26-33-25-37(58-52(6,7)8)19-22-38(33)46(50)32-13-17-36(18-14-32)57-51(3,4)5;;;;/h2-3,9-28H,5,8H2,1,4H3;9-28H,1-8H3;4*1H. The summed E-state index contributed by atoms with van der Waals surface area (Å²) >= 11 is 0. The quantitative estimate of drug-likeness (QED) is 0.0546. The monoisotopic (exact) mass is 1660 g/mol. The fourth-order valence-electron chi connectivity index (χ4n) is 16.1. The molecule has 122 heavy (non-hydrogen) atoms. The van der Waals surface area contributed by atoms with Gasteiger partial charge in [0.15, 0.2) is 0 Å². The number of benzene rings is 16. The number of rotatable bonds is 16. The molecule has 0 saturated carbocycles. The second-order valence-electron chi connectivity index (χ2n) is 31.5. The lowest BCUT2D eigenvalue weighted by molar-refractivity contribution is -0.138. The molecule has 16 rings (SSSR count). The predicted molar refractivity (Wildman–Crippen MR) is 471 cm³/mol. The molecule has 0 aliphatic rings. The molecule has 16 aromatic rings. The first-order valence-electron chi connectivity index (χ1n) is 39.1. The molecular formula is C104H84F12O6. The van der Waals surface area contributed by atoms with Gasteiger partial charge in [-0.3, -0.25) is 0 Å². The molecule has 620 valence electrons. The highest BCUT2D eigenvalue weighted by Gasteiger charge is 2.36. The smallest absolute Gasteiger partial charge is 0.416 e. The number of aryl methyl sites for hydroxylation is 2. The normalized spacial score (nSPS) is 11.9. The Labute approximate surface area is 702 Å². The second-order valence-corrected chi connectivity index (χ2v) is 31.5. The number of alkyl halides is 6. The van der Waals surface area contributed by atoms with Crippen molar-refractivity contribution in [3.05, 3.63) is 300 Å². The minimum absolute atomic E-state index is 0. The van der Waals surface area contributed by atoms with Gasteiger partial charge in [0.1, 0.15) is 92.8 Å². The fourth-order valence-corrected chi connectivity index (χ4v) is 16.1. The highest BCUT2D eigenvalue weighted by molar-refractivity contribution is 6.33. The number of hydrogen-bond donors (Lipinski definition) is 0. The highest BCUT2D eigenvalue weighted by atomic mass is 19.4. The van der Waals surface area contributed by atoms with Gasteiger partial charge in [-0.05, 0) is 323 Å². The van der Waals surface area contributed by atoms with Gasteiger partial charge < -0.3 is 28.4 Å². The third-order valence-corrected chi connectivity index (χ3v) is 20.9. The van der Waals surface area contributed by atoms with E-state index in [1.54, 1.807) is 91.9 Å². The van der Waals surface area contributed by atoms with Crippen LogP contribution in [0.2, 0.25) is 0 Å². The van der Waals surface area contributed by atoms with E-state index in [4.69, 9.17) is 41.3 Å². The summed E-state index contributed by atoms with van der Waals surface area (Å²) < 4.78 is 216.